The third-order valence-corrected chi connectivity index (χ3v) is 2.25. The lowest BCUT2D eigenvalue weighted by molar-refractivity contribution is -0.112. The second-order valence-corrected chi connectivity index (χ2v) is 4.01. The van der Waals surface area contributed by atoms with E-state index in [1.165, 1.54) is 5.56 Å². The third-order valence-electron chi connectivity index (χ3n) is 2.25. The quantitative estimate of drug-likeness (QED) is 0.713. The van der Waals surface area contributed by atoms with Crippen molar-refractivity contribution in [3.8, 4) is 0 Å². The van der Waals surface area contributed by atoms with E-state index in [0.29, 0.717) is 0 Å². The van der Waals surface area contributed by atoms with Crippen molar-refractivity contribution in [3.63, 3.8) is 0 Å². The van der Waals surface area contributed by atoms with Gasteiger partial charge in [-0.15, -0.1) is 0 Å². The van der Waals surface area contributed by atoms with Gasteiger partial charge in [0.25, 0.3) is 0 Å². The van der Waals surface area contributed by atoms with Crippen LogP contribution >= 0.6 is 0 Å². The van der Waals surface area contributed by atoms with E-state index in [0.717, 1.165) is 5.56 Å². The Morgan fingerprint density at radius 3 is 1.78 bits per heavy atom. The Hall–Kier alpha value is -2.15. The van der Waals surface area contributed by atoms with Crippen LogP contribution in [-0.2, 0) is 4.79 Å². The van der Waals surface area contributed by atoms with Crippen molar-refractivity contribution in [1.82, 2.24) is 0 Å². The number of benzene rings is 2. The van der Waals surface area contributed by atoms with Gasteiger partial charge in [-0.25, -0.2) is 0 Å². The molecule has 2 aromatic carbocycles. The summed E-state index contributed by atoms with van der Waals surface area (Å²) < 4.78 is 0. The van der Waals surface area contributed by atoms with Gasteiger partial charge in [-0.3, -0.25) is 4.79 Å². The molecular formula is C17H18O. The SMILES string of the molecule is CC(=O)C=Cc1ccccc1.Cc1ccccc1. The fraction of sp³-hybridized carbons (Fsp3) is 0.118. The van der Waals surface area contributed by atoms with Crippen molar-refractivity contribution in [1.29, 1.82) is 0 Å². The van der Waals surface area contributed by atoms with E-state index >= 15 is 0 Å². The molecule has 0 aliphatic heterocycles. The van der Waals surface area contributed by atoms with Crippen LogP contribution in [0.5, 0.6) is 0 Å². The maximum atomic E-state index is 10.5. The zero-order chi connectivity index (χ0) is 13.2. The van der Waals surface area contributed by atoms with Gasteiger partial charge in [-0.05, 0) is 25.5 Å². The predicted molar refractivity (Wildman–Crippen MR) is 77.3 cm³/mol. The molecule has 92 valence electrons. The minimum Gasteiger partial charge on any atom is -0.295 e. The zero-order valence-corrected chi connectivity index (χ0v) is 10.8. The highest BCUT2D eigenvalue weighted by Crippen LogP contribution is 2.00. The molecule has 0 unspecified atom stereocenters. The fourth-order valence-corrected chi connectivity index (χ4v) is 1.31. The maximum absolute atomic E-state index is 10.5. The van der Waals surface area contributed by atoms with Crippen molar-refractivity contribution in [3.05, 3.63) is 77.9 Å². The minimum atomic E-state index is 0.0776. The topological polar surface area (TPSA) is 17.1 Å². The normalized spacial score (nSPS) is 9.67. The van der Waals surface area contributed by atoms with Crippen LogP contribution in [0.4, 0.5) is 0 Å². The summed E-state index contributed by atoms with van der Waals surface area (Å²) in [6, 6.07) is 20.0. The number of allylic oxidation sites excluding steroid dienone is 1. The number of aryl methyl sites for hydroxylation is 1. The first-order valence-corrected chi connectivity index (χ1v) is 5.94. The van der Waals surface area contributed by atoms with E-state index in [2.05, 4.69) is 19.1 Å². The highest BCUT2D eigenvalue weighted by Gasteiger charge is 1.83. The second kappa shape index (κ2) is 8.02. The van der Waals surface area contributed by atoms with Crippen LogP contribution in [0.1, 0.15) is 18.1 Å². The van der Waals surface area contributed by atoms with Crippen LogP contribution in [0.15, 0.2) is 66.7 Å². The summed E-state index contributed by atoms with van der Waals surface area (Å²) in [5.74, 6) is 0.0776. The number of ketones is 1. The van der Waals surface area contributed by atoms with E-state index in [1.807, 2.05) is 54.6 Å². The van der Waals surface area contributed by atoms with Gasteiger partial charge < -0.3 is 0 Å². The summed E-state index contributed by atoms with van der Waals surface area (Å²) in [4.78, 5) is 10.5. The molecule has 0 saturated heterocycles. The van der Waals surface area contributed by atoms with Crippen molar-refractivity contribution < 1.29 is 4.79 Å². The minimum absolute atomic E-state index is 0.0776. The molecule has 0 amide bonds. The summed E-state index contributed by atoms with van der Waals surface area (Å²) in [5, 5.41) is 0. The first kappa shape index (κ1) is 13.9. The predicted octanol–water partition coefficient (Wildman–Crippen LogP) is 4.28. The van der Waals surface area contributed by atoms with Crippen molar-refractivity contribution in [2.75, 3.05) is 0 Å². The molecule has 0 atom stereocenters. The first-order valence-electron chi connectivity index (χ1n) is 5.94. The molecule has 0 saturated carbocycles. The fourth-order valence-electron chi connectivity index (χ4n) is 1.31. The molecule has 0 radical (unpaired) electrons. The summed E-state index contributed by atoms with van der Waals surface area (Å²) >= 11 is 0. The van der Waals surface area contributed by atoms with Gasteiger partial charge in [0, 0.05) is 0 Å². The average Bonchev–Trinajstić information content (AvgIpc) is 2.39. The van der Waals surface area contributed by atoms with E-state index in [1.54, 1.807) is 13.0 Å². The van der Waals surface area contributed by atoms with E-state index in [-0.39, 0.29) is 5.78 Å². The Bertz CT molecular complexity index is 484. The molecule has 0 aliphatic carbocycles. The maximum Gasteiger partial charge on any atom is 0.152 e. The van der Waals surface area contributed by atoms with Crippen molar-refractivity contribution in [2.24, 2.45) is 0 Å². The molecule has 0 bridgehead atoms. The Morgan fingerprint density at radius 1 is 0.889 bits per heavy atom. The molecule has 1 nitrogen and oxygen atoms in total. The largest absolute Gasteiger partial charge is 0.295 e. The van der Waals surface area contributed by atoms with Crippen LogP contribution in [0.2, 0.25) is 0 Å². The van der Waals surface area contributed by atoms with Crippen molar-refractivity contribution in [2.45, 2.75) is 13.8 Å². The molecule has 0 fully saturated rings. The van der Waals surface area contributed by atoms with Crippen LogP contribution in [0.3, 0.4) is 0 Å². The molecule has 0 aliphatic rings. The Morgan fingerprint density at radius 2 is 1.39 bits per heavy atom. The lowest BCUT2D eigenvalue weighted by Crippen LogP contribution is -1.79. The van der Waals surface area contributed by atoms with Gasteiger partial charge in [0.1, 0.15) is 0 Å². The average molecular weight is 238 g/mol. The van der Waals surface area contributed by atoms with E-state index in [9.17, 15) is 4.79 Å². The number of hydrogen-bond donors (Lipinski definition) is 0. The molecule has 0 aromatic heterocycles. The first-order chi connectivity index (χ1) is 8.68. The number of carbonyl (C=O) groups is 1. The Labute approximate surface area is 109 Å². The number of carbonyl (C=O) groups excluding carboxylic acids is 1. The molecule has 0 spiro atoms. The van der Waals surface area contributed by atoms with Gasteiger partial charge >= 0.3 is 0 Å². The summed E-state index contributed by atoms with van der Waals surface area (Å²) in [6.45, 7) is 3.62. The smallest absolute Gasteiger partial charge is 0.152 e. The van der Waals surface area contributed by atoms with Crippen LogP contribution in [0, 0.1) is 6.92 Å². The van der Waals surface area contributed by atoms with Gasteiger partial charge in [0.05, 0.1) is 0 Å². The monoisotopic (exact) mass is 238 g/mol. The molecular weight excluding hydrogens is 220 g/mol. The summed E-state index contributed by atoms with van der Waals surface area (Å²) in [7, 11) is 0. The molecule has 2 aromatic rings. The summed E-state index contributed by atoms with van der Waals surface area (Å²) in [5.41, 5.74) is 2.38. The molecule has 18 heavy (non-hydrogen) atoms. The molecule has 0 N–H and O–H groups in total. The molecule has 0 heterocycles. The van der Waals surface area contributed by atoms with Crippen LogP contribution in [0.25, 0.3) is 6.08 Å². The highest BCUT2D eigenvalue weighted by atomic mass is 16.1. The standard InChI is InChI=1S/C10H10O.C7H8/c1-9(11)7-8-10-5-3-2-4-6-10;1-7-5-3-2-4-6-7/h2-8H,1H3;2-6H,1H3. The zero-order valence-electron chi connectivity index (χ0n) is 10.8. The van der Waals surface area contributed by atoms with Gasteiger partial charge in [-0.1, -0.05) is 72.3 Å². The van der Waals surface area contributed by atoms with Crippen molar-refractivity contribution >= 4 is 11.9 Å². The number of rotatable bonds is 2. The highest BCUT2D eigenvalue weighted by molar-refractivity contribution is 5.91. The van der Waals surface area contributed by atoms with Gasteiger partial charge in [0.2, 0.25) is 0 Å². The lowest BCUT2D eigenvalue weighted by Gasteiger charge is -1.88. The lowest BCUT2D eigenvalue weighted by atomic mass is 10.2. The number of hydrogen-bond acceptors (Lipinski definition) is 1. The van der Waals surface area contributed by atoms with Crippen LogP contribution in [-0.4, -0.2) is 5.78 Å². The molecule has 2 rings (SSSR count). The summed E-state index contributed by atoms with van der Waals surface area (Å²) in [6.07, 6.45) is 3.37. The van der Waals surface area contributed by atoms with Crippen LogP contribution < -0.4 is 0 Å². The second-order valence-electron chi connectivity index (χ2n) is 4.01. The molecule has 1 heteroatoms. The Kier molecular flexibility index (Phi) is 6.20. The third kappa shape index (κ3) is 6.44. The van der Waals surface area contributed by atoms with E-state index in [4.69, 9.17) is 0 Å². The van der Waals surface area contributed by atoms with Gasteiger partial charge in [0.15, 0.2) is 5.78 Å². The van der Waals surface area contributed by atoms with Gasteiger partial charge in [-0.2, -0.15) is 0 Å². The van der Waals surface area contributed by atoms with E-state index < -0.39 is 0 Å². The Balaban J connectivity index is 0.000000199.